The predicted molar refractivity (Wildman–Crippen MR) is 41.7 cm³/mol. The average Bonchev–Trinajstić information content (AvgIpc) is 1.92. The molecule has 0 aromatic heterocycles. The van der Waals surface area contributed by atoms with Crippen LogP contribution in [-0.4, -0.2) is 6.18 Å². The molecule has 0 saturated heterocycles. The summed E-state index contributed by atoms with van der Waals surface area (Å²) in [5, 5.41) is 0. The van der Waals surface area contributed by atoms with E-state index in [2.05, 4.69) is 0 Å². The van der Waals surface area contributed by atoms with Crippen LogP contribution in [0, 0.1) is 11.8 Å². The summed E-state index contributed by atoms with van der Waals surface area (Å²) < 4.78 is 36.5. The van der Waals surface area contributed by atoms with E-state index in [0.29, 0.717) is 12.3 Å². The van der Waals surface area contributed by atoms with Crippen molar-refractivity contribution in [2.45, 2.75) is 32.9 Å². The van der Waals surface area contributed by atoms with E-state index in [-0.39, 0.29) is 17.9 Å². The molecule has 12 heavy (non-hydrogen) atoms. The van der Waals surface area contributed by atoms with Gasteiger partial charge in [0.15, 0.2) is 0 Å². The van der Waals surface area contributed by atoms with Crippen molar-refractivity contribution in [1.82, 2.24) is 0 Å². The Hall–Kier alpha value is -0.470. The lowest BCUT2D eigenvalue weighted by atomic mass is 9.82. The van der Waals surface area contributed by atoms with Crippen molar-refractivity contribution in [3.63, 3.8) is 0 Å². The van der Waals surface area contributed by atoms with Crippen LogP contribution in [0.5, 0.6) is 0 Å². The summed E-state index contributed by atoms with van der Waals surface area (Å²) in [6.07, 6.45) is -2.01. The molecule has 0 saturated carbocycles. The fourth-order valence-corrected chi connectivity index (χ4v) is 1.42. The molecule has 0 N–H and O–H groups in total. The minimum absolute atomic E-state index is 0.159. The Kier molecular flexibility index (Phi) is 2.49. The number of hydrogen-bond donors (Lipinski definition) is 0. The second-order valence-corrected chi connectivity index (χ2v) is 3.62. The molecule has 0 nitrogen and oxygen atoms in total. The molecule has 1 aliphatic carbocycles. The quantitative estimate of drug-likeness (QED) is 0.498. The Balaban J connectivity index is 2.71. The van der Waals surface area contributed by atoms with Crippen molar-refractivity contribution in [3.8, 4) is 0 Å². The monoisotopic (exact) mass is 178 g/mol. The van der Waals surface area contributed by atoms with Crippen LogP contribution in [0.25, 0.3) is 0 Å². The molecular weight excluding hydrogens is 165 g/mol. The Bertz CT molecular complexity index is 190. The highest BCUT2D eigenvalue weighted by molar-refractivity contribution is 5.13. The summed E-state index contributed by atoms with van der Waals surface area (Å²) in [7, 11) is 0. The van der Waals surface area contributed by atoms with Gasteiger partial charge in [0.05, 0.1) is 0 Å². The van der Waals surface area contributed by atoms with Crippen LogP contribution in [0.4, 0.5) is 13.2 Å². The standard InChI is InChI=1S/C9H13F3/c1-6-3-4-8(5-7(6)2)9(10,11)12/h4,6-7H,3,5H2,1-2H3/t6?,7-/m1/s1. The molecule has 1 unspecified atom stereocenters. The summed E-state index contributed by atoms with van der Waals surface area (Å²) in [4.78, 5) is 0. The van der Waals surface area contributed by atoms with Crippen LogP contribution in [0.1, 0.15) is 26.7 Å². The van der Waals surface area contributed by atoms with E-state index in [1.54, 1.807) is 0 Å². The highest BCUT2D eigenvalue weighted by Gasteiger charge is 2.36. The number of halogens is 3. The van der Waals surface area contributed by atoms with E-state index >= 15 is 0 Å². The summed E-state index contributed by atoms with van der Waals surface area (Å²) in [6, 6.07) is 0. The van der Waals surface area contributed by atoms with Gasteiger partial charge in [0, 0.05) is 5.57 Å². The molecule has 0 aliphatic heterocycles. The van der Waals surface area contributed by atoms with E-state index in [0.717, 1.165) is 0 Å². The van der Waals surface area contributed by atoms with Gasteiger partial charge < -0.3 is 0 Å². The summed E-state index contributed by atoms with van der Waals surface area (Å²) in [6.45, 7) is 3.87. The molecule has 0 amide bonds. The van der Waals surface area contributed by atoms with Crippen molar-refractivity contribution in [3.05, 3.63) is 11.6 Å². The smallest absolute Gasteiger partial charge is 0.166 e. The molecule has 0 aromatic carbocycles. The molecule has 0 fully saturated rings. The van der Waals surface area contributed by atoms with Gasteiger partial charge in [-0.15, -0.1) is 0 Å². The second kappa shape index (κ2) is 3.11. The maximum absolute atomic E-state index is 12.2. The topological polar surface area (TPSA) is 0 Å². The molecule has 70 valence electrons. The molecule has 0 heterocycles. The second-order valence-electron chi connectivity index (χ2n) is 3.62. The normalized spacial score (nSPS) is 31.6. The van der Waals surface area contributed by atoms with Crippen molar-refractivity contribution in [1.29, 1.82) is 0 Å². The van der Waals surface area contributed by atoms with E-state index in [1.165, 1.54) is 6.08 Å². The van der Waals surface area contributed by atoms with Crippen LogP contribution in [-0.2, 0) is 0 Å². The number of hydrogen-bond acceptors (Lipinski definition) is 0. The van der Waals surface area contributed by atoms with Gasteiger partial charge >= 0.3 is 6.18 Å². The zero-order valence-electron chi connectivity index (χ0n) is 7.28. The maximum Gasteiger partial charge on any atom is 0.412 e. The molecule has 1 aliphatic rings. The van der Waals surface area contributed by atoms with Crippen LogP contribution >= 0.6 is 0 Å². The first-order chi connectivity index (χ1) is 5.41. The zero-order valence-corrected chi connectivity index (χ0v) is 7.28. The Morgan fingerprint density at radius 2 is 1.83 bits per heavy atom. The lowest BCUT2D eigenvalue weighted by Crippen LogP contribution is -2.21. The largest absolute Gasteiger partial charge is 0.412 e. The molecule has 0 spiro atoms. The summed E-state index contributed by atoms with van der Waals surface area (Å²) in [5.74, 6) is 0.544. The van der Waals surface area contributed by atoms with Crippen molar-refractivity contribution < 1.29 is 13.2 Å². The van der Waals surface area contributed by atoms with Gasteiger partial charge in [-0.2, -0.15) is 13.2 Å². The Morgan fingerprint density at radius 3 is 2.25 bits per heavy atom. The first-order valence-electron chi connectivity index (χ1n) is 4.17. The third-order valence-corrected chi connectivity index (χ3v) is 2.61. The van der Waals surface area contributed by atoms with Crippen LogP contribution in [0.15, 0.2) is 11.6 Å². The Morgan fingerprint density at radius 1 is 1.25 bits per heavy atom. The molecule has 2 atom stereocenters. The summed E-state index contributed by atoms with van der Waals surface area (Å²) in [5.41, 5.74) is -0.340. The van der Waals surface area contributed by atoms with Crippen molar-refractivity contribution in [2.75, 3.05) is 0 Å². The molecule has 3 heteroatoms. The highest BCUT2D eigenvalue weighted by Crippen LogP contribution is 2.37. The van der Waals surface area contributed by atoms with Crippen molar-refractivity contribution in [2.24, 2.45) is 11.8 Å². The van der Waals surface area contributed by atoms with Crippen molar-refractivity contribution >= 4 is 0 Å². The lowest BCUT2D eigenvalue weighted by Gasteiger charge is -2.26. The summed E-state index contributed by atoms with van der Waals surface area (Å²) >= 11 is 0. The fourth-order valence-electron chi connectivity index (χ4n) is 1.42. The highest BCUT2D eigenvalue weighted by atomic mass is 19.4. The van der Waals surface area contributed by atoms with Crippen LogP contribution < -0.4 is 0 Å². The van der Waals surface area contributed by atoms with Gasteiger partial charge in [-0.3, -0.25) is 0 Å². The molecule has 1 rings (SSSR count). The number of allylic oxidation sites excluding steroid dienone is 2. The van der Waals surface area contributed by atoms with E-state index in [1.807, 2.05) is 13.8 Å². The minimum atomic E-state index is -4.10. The third kappa shape index (κ3) is 2.02. The molecule has 0 bridgehead atoms. The minimum Gasteiger partial charge on any atom is -0.166 e. The van der Waals surface area contributed by atoms with E-state index in [4.69, 9.17) is 0 Å². The SMILES string of the molecule is CC1CC=C(C(F)(F)F)C[C@H]1C. The van der Waals surface area contributed by atoms with Gasteiger partial charge in [0.25, 0.3) is 0 Å². The van der Waals surface area contributed by atoms with Gasteiger partial charge in [0.1, 0.15) is 0 Å². The predicted octanol–water partition coefficient (Wildman–Crippen LogP) is 3.54. The number of rotatable bonds is 0. The van der Waals surface area contributed by atoms with Gasteiger partial charge in [-0.25, -0.2) is 0 Å². The van der Waals surface area contributed by atoms with Crippen LogP contribution in [0.3, 0.4) is 0 Å². The maximum atomic E-state index is 12.2. The molecule has 0 aromatic rings. The average molecular weight is 178 g/mol. The number of alkyl halides is 3. The van der Waals surface area contributed by atoms with Gasteiger partial charge in [-0.05, 0) is 24.7 Å². The molecular formula is C9H13F3. The third-order valence-electron chi connectivity index (χ3n) is 2.61. The van der Waals surface area contributed by atoms with Gasteiger partial charge in [-0.1, -0.05) is 19.9 Å². The fraction of sp³-hybridized carbons (Fsp3) is 0.778. The van der Waals surface area contributed by atoms with E-state index in [9.17, 15) is 13.2 Å². The van der Waals surface area contributed by atoms with Crippen LogP contribution in [0.2, 0.25) is 0 Å². The Labute approximate surface area is 70.5 Å². The molecule has 0 radical (unpaired) electrons. The zero-order chi connectivity index (χ0) is 9.35. The van der Waals surface area contributed by atoms with Gasteiger partial charge in [0.2, 0.25) is 0 Å². The lowest BCUT2D eigenvalue weighted by molar-refractivity contribution is -0.0971. The first-order valence-corrected chi connectivity index (χ1v) is 4.17. The first kappa shape index (κ1) is 9.62. The van der Waals surface area contributed by atoms with E-state index < -0.39 is 6.18 Å².